The molecule has 0 aromatic carbocycles. The molecule has 1 saturated heterocycles. The van der Waals surface area contributed by atoms with Crippen molar-refractivity contribution in [2.75, 3.05) is 24.7 Å². The lowest BCUT2D eigenvalue weighted by atomic mass is 9.54. The second-order valence-corrected chi connectivity index (χ2v) is 7.83. The van der Waals surface area contributed by atoms with Crippen LogP contribution in [0.15, 0.2) is 0 Å². The summed E-state index contributed by atoms with van der Waals surface area (Å²) in [5, 5.41) is 3.08. The quantitative estimate of drug-likeness (QED) is 0.812. The van der Waals surface area contributed by atoms with Crippen LogP contribution in [-0.2, 0) is 9.53 Å². The number of nitrogens with two attached hydrogens (primary N) is 1. The third-order valence-electron chi connectivity index (χ3n) is 5.13. The number of hydrogen-bond donors (Lipinski definition) is 2. The Morgan fingerprint density at radius 1 is 1.40 bits per heavy atom. The summed E-state index contributed by atoms with van der Waals surface area (Å²) in [6, 6.07) is 0. The zero-order valence-electron chi connectivity index (χ0n) is 12.9. The first-order valence-electron chi connectivity index (χ1n) is 7.68. The number of hydrogen-bond acceptors (Lipinski definition) is 4. The van der Waals surface area contributed by atoms with Gasteiger partial charge in [0.15, 0.2) is 0 Å². The first-order valence-corrected chi connectivity index (χ1v) is 8.84. The topological polar surface area (TPSA) is 64.3 Å². The Bertz CT molecular complexity index is 356. The molecule has 4 nitrogen and oxygen atoms in total. The second-order valence-electron chi connectivity index (χ2n) is 6.61. The van der Waals surface area contributed by atoms with Gasteiger partial charge in [-0.05, 0) is 37.2 Å². The number of thioether (sulfide) groups is 1. The molecule has 116 valence electrons. The van der Waals surface area contributed by atoms with Gasteiger partial charge in [0, 0.05) is 25.0 Å². The average molecular weight is 300 g/mol. The molecule has 1 saturated carbocycles. The highest BCUT2D eigenvalue weighted by Crippen LogP contribution is 2.49. The van der Waals surface area contributed by atoms with Crippen LogP contribution in [0.25, 0.3) is 0 Å². The Balaban J connectivity index is 1.85. The van der Waals surface area contributed by atoms with Crippen LogP contribution in [0.5, 0.6) is 0 Å². The molecular formula is C15H28N2O2S. The highest BCUT2D eigenvalue weighted by atomic mass is 32.2. The third-order valence-corrected chi connectivity index (χ3v) is 6.18. The molecule has 1 amide bonds. The molecule has 2 aliphatic rings. The van der Waals surface area contributed by atoms with Crippen LogP contribution < -0.4 is 11.1 Å². The number of rotatable bonds is 5. The number of ether oxygens (including phenoxy) is 1. The average Bonchev–Trinajstić information content (AvgIpc) is 2.45. The van der Waals surface area contributed by atoms with Gasteiger partial charge < -0.3 is 15.8 Å². The lowest BCUT2D eigenvalue weighted by Crippen LogP contribution is -2.75. The summed E-state index contributed by atoms with van der Waals surface area (Å²) >= 11 is 2.01. The minimum atomic E-state index is -0.781. The molecule has 20 heavy (non-hydrogen) atoms. The van der Waals surface area contributed by atoms with E-state index in [1.807, 2.05) is 32.5 Å². The number of carbonyl (C=O) groups is 1. The lowest BCUT2D eigenvalue weighted by Gasteiger charge is -2.57. The van der Waals surface area contributed by atoms with Crippen LogP contribution in [0.4, 0.5) is 0 Å². The molecule has 0 aromatic heterocycles. The fraction of sp³-hybridized carbons (Fsp3) is 0.933. The molecule has 2 rings (SSSR count). The van der Waals surface area contributed by atoms with E-state index in [2.05, 4.69) is 5.32 Å². The summed E-state index contributed by atoms with van der Waals surface area (Å²) in [5.74, 6) is 3.05. The maximum atomic E-state index is 12.5. The predicted octanol–water partition coefficient (Wildman–Crippen LogP) is 1.78. The van der Waals surface area contributed by atoms with Crippen LogP contribution >= 0.6 is 11.8 Å². The fourth-order valence-corrected chi connectivity index (χ4v) is 4.37. The fourth-order valence-electron chi connectivity index (χ4n) is 3.17. The first-order chi connectivity index (χ1) is 9.41. The second kappa shape index (κ2) is 6.24. The molecular weight excluding hydrogens is 272 g/mol. The van der Waals surface area contributed by atoms with Gasteiger partial charge in [-0.2, -0.15) is 11.8 Å². The predicted molar refractivity (Wildman–Crippen MR) is 83.8 cm³/mol. The van der Waals surface area contributed by atoms with Crippen molar-refractivity contribution in [2.45, 2.75) is 51.7 Å². The van der Waals surface area contributed by atoms with Gasteiger partial charge in [0.25, 0.3) is 0 Å². The molecule has 2 fully saturated rings. The first kappa shape index (κ1) is 16.1. The summed E-state index contributed by atoms with van der Waals surface area (Å²) in [5.41, 5.74) is 5.29. The molecule has 0 radical (unpaired) electrons. The van der Waals surface area contributed by atoms with Crippen molar-refractivity contribution in [2.24, 2.45) is 17.1 Å². The number of amides is 1. The molecule has 1 heterocycles. The van der Waals surface area contributed by atoms with E-state index in [9.17, 15) is 4.79 Å². The molecule has 2 unspecified atom stereocenters. The van der Waals surface area contributed by atoms with Crippen molar-refractivity contribution in [1.29, 1.82) is 0 Å². The number of nitrogens with one attached hydrogen (secondary N) is 1. The van der Waals surface area contributed by atoms with E-state index < -0.39 is 5.54 Å². The largest absolute Gasteiger partial charge is 0.378 e. The summed E-state index contributed by atoms with van der Waals surface area (Å²) in [4.78, 5) is 12.5. The Kier molecular flexibility index (Phi) is 5.03. The van der Waals surface area contributed by atoms with Crippen LogP contribution in [0.1, 0.15) is 40.0 Å². The van der Waals surface area contributed by atoms with Gasteiger partial charge in [-0.15, -0.1) is 0 Å². The zero-order valence-corrected chi connectivity index (χ0v) is 13.7. The van der Waals surface area contributed by atoms with E-state index in [1.165, 1.54) is 24.3 Å². The van der Waals surface area contributed by atoms with Crippen molar-refractivity contribution >= 4 is 17.7 Å². The molecule has 2 atom stereocenters. The summed E-state index contributed by atoms with van der Waals surface area (Å²) in [6.45, 7) is 7.49. The highest BCUT2D eigenvalue weighted by Gasteiger charge is 2.62. The van der Waals surface area contributed by atoms with Gasteiger partial charge in [-0.25, -0.2) is 0 Å². The monoisotopic (exact) mass is 300 g/mol. The zero-order chi connectivity index (χ0) is 14.8. The summed E-state index contributed by atoms with van der Waals surface area (Å²) < 4.78 is 5.67. The van der Waals surface area contributed by atoms with Gasteiger partial charge in [0.05, 0.1) is 6.10 Å². The normalized spacial score (nSPS) is 33.5. The lowest BCUT2D eigenvalue weighted by molar-refractivity contribution is -0.170. The molecule has 3 N–H and O–H groups in total. The molecule has 0 aromatic rings. The molecule has 0 bridgehead atoms. The van der Waals surface area contributed by atoms with Crippen LogP contribution in [0.3, 0.4) is 0 Å². The highest BCUT2D eigenvalue weighted by molar-refractivity contribution is 7.99. The Hall–Kier alpha value is -0.260. The van der Waals surface area contributed by atoms with Crippen LogP contribution in [0.2, 0.25) is 0 Å². The van der Waals surface area contributed by atoms with E-state index in [1.54, 1.807) is 0 Å². The summed E-state index contributed by atoms with van der Waals surface area (Å²) in [7, 11) is 0. The van der Waals surface area contributed by atoms with Crippen LogP contribution in [-0.4, -0.2) is 42.2 Å². The Morgan fingerprint density at radius 3 is 2.60 bits per heavy atom. The van der Waals surface area contributed by atoms with Crippen molar-refractivity contribution in [3.63, 3.8) is 0 Å². The minimum absolute atomic E-state index is 0.00307. The Morgan fingerprint density at radius 2 is 2.05 bits per heavy atom. The van der Waals surface area contributed by atoms with Crippen molar-refractivity contribution in [1.82, 2.24) is 5.32 Å². The smallest absolute Gasteiger partial charge is 0.240 e. The van der Waals surface area contributed by atoms with Crippen molar-refractivity contribution in [3.05, 3.63) is 0 Å². The van der Waals surface area contributed by atoms with E-state index in [0.29, 0.717) is 18.9 Å². The molecule has 0 spiro atoms. The van der Waals surface area contributed by atoms with Gasteiger partial charge in [0.2, 0.25) is 5.91 Å². The molecule has 1 aliphatic heterocycles. The van der Waals surface area contributed by atoms with E-state index >= 15 is 0 Å². The van der Waals surface area contributed by atoms with Gasteiger partial charge in [-0.3, -0.25) is 4.79 Å². The maximum absolute atomic E-state index is 12.5. The van der Waals surface area contributed by atoms with E-state index in [4.69, 9.17) is 10.5 Å². The van der Waals surface area contributed by atoms with Gasteiger partial charge in [-0.1, -0.05) is 13.8 Å². The maximum Gasteiger partial charge on any atom is 0.240 e. The van der Waals surface area contributed by atoms with Crippen LogP contribution in [0, 0.1) is 11.3 Å². The van der Waals surface area contributed by atoms with E-state index in [0.717, 1.165) is 6.54 Å². The van der Waals surface area contributed by atoms with Crippen molar-refractivity contribution < 1.29 is 9.53 Å². The van der Waals surface area contributed by atoms with Crippen molar-refractivity contribution in [3.8, 4) is 0 Å². The Labute approximate surface area is 126 Å². The third kappa shape index (κ3) is 2.85. The standard InChI is InChI=1S/C15H28N2O2S/c1-4-19-12-9-15(16,14(12,2)3)13(18)17-10-11-5-7-20-8-6-11/h11-12H,4-10,16H2,1-3H3,(H,17,18). The van der Waals surface area contributed by atoms with E-state index in [-0.39, 0.29) is 17.4 Å². The van der Waals surface area contributed by atoms with Gasteiger partial charge >= 0.3 is 0 Å². The van der Waals surface area contributed by atoms with Gasteiger partial charge in [0.1, 0.15) is 5.54 Å². The SMILES string of the molecule is CCOC1CC(N)(C(=O)NCC2CCSCC2)C1(C)C. The summed E-state index contributed by atoms with van der Waals surface area (Å²) in [6.07, 6.45) is 3.12. The minimum Gasteiger partial charge on any atom is -0.378 e. The molecule has 1 aliphatic carbocycles. The molecule has 5 heteroatoms. The number of carbonyl (C=O) groups excluding carboxylic acids is 1.